The van der Waals surface area contributed by atoms with Crippen LogP contribution in [-0.2, 0) is 9.53 Å². The number of hydrogen-bond acceptors (Lipinski definition) is 5. The van der Waals surface area contributed by atoms with Crippen LogP contribution in [0.1, 0.15) is 33.6 Å². The minimum absolute atomic E-state index is 0.0305. The fourth-order valence-corrected chi connectivity index (χ4v) is 5.27. The standard InChI is InChI=1S/C25H22F4N2O5/c1-35-19-9-18(27)12(10-3-4-17(26)15(5-10)23(30)32)8-16(19)24(33)31-21-11-6-13(14(7-11)22(28)29)20(21)25(34)36-2/h3-5,8-9,11,13,20-21H,6-7H2,1-2H3,(H2,30,32)(H,31,33)/t11-,13+,20+,21-/m1/s1. The van der Waals surface area contributed by atoms with E-state index in [0.717, 1.165) is 31.4 Å². The van der Waals surface area contributed by atoms with E-state index in [9.17, 15) is 31.9 Å². The molecule has 4 rings (SSSR count). The molecular formula is C25H22F4N2O5. The summed E-state index contributed by atoms with van der Waals surface area (Å²) >= 11 is 0. The normalized spacial score (nSPS) is 22.3. The highest BCUT2D eigenvalue weighted by Gasteiger charge is 2.55. The Bertz CT molecular complexity index is 1290. The maximum Gasteiger partial charge on any atom is 0.311 e. The fourth-order valence-electron chi connectivity index (χ4n) is 5.27. The second-order valence-corrected chi connectivity index (χ2v) is 8.73. The second-order valence-electron chi connectivity index (χ2n) is 8.73. The highest BCUT2D eigenvalue weighted by atomic mass is 19.3. The van der Waals surface area contributed by atoms with Crippen LogP contribution in [0.2, 0.25) is 0 Å². The van der Waals surface area contributed by atoms with Gasteiger partial charge in [-0.2, -0.15) is 8.78 Å². The van der Waals surface area contributed by atoms with Gasteiger partial charge in [0.1, 0.15) is 17.4 Å². The number of benzene rings is 2. The summed E-state index contributed by atoms with van der Waals surface area (Å²) in [6.07, 6.45) is -1.52. The molecule has 0 radical (unpaired) electrons. The highest BCUT2D eigenvalue weighted by molar-refractivity contribution is 5.99. The molecule has 0 aliphatic heterocycles. The number of carbonyl (C=O) groups excluding carboxylic acids is 3. The van der Waals surface area contributed by atoms with E-state index in [1.165, 1.54) is 13.2 Å². The number of methoxy groups -OCH3 is 2. The molecule has 0 heterocycles. The molecule has 3 N–H and O–H groups in total. The molecule has 2 bridgehead atoms. The van der Waals surface area contributed by atoms with Crippen molar-refractivity contribution < 1.29 is 41.4 Å². The van der Waals surface area contributed by atoms with Gasteiger partial charge in [0.2, 0.25) is 0 Å². The van der Waals surface area contributed by atoms with Crippen molar-refractivity contribution in [3.05, 3.63) is 64.7 Å². The third-order valence-electron chi connectivity index (χ3n) is 6.91. The Labute approximate surface area is 203 Å². The van der Waals surface area contributed by atoms with Crippen molar-refractivity contribution in [3.8, 4) is 16.9 Å². The van der Waals surface area contributed by atoms with Gasteiger partial charge in [-0.3, -0.25) is 14.4 Å². The smallest absolute Gasteiger partial charge is 0.311 e. The van der Waals surface area contributed by atoms with E-state index in [2.05, 4.69) is 5.32 Å². The molecule has 0 saturated heterocycles. The molecule has 2 fully saturated rings. The first kappa shape index (κ1) is 25.2. The van der Waals surface area contributed by atoms with E-state index in [1.54, 1.807) is 0 Å². The zero-order valence-electron chi connectivity index (χ0n) is 19.2. The first-order chi connectivity index (χ1) is 17.1. The third kappa shape index (κ3) is 4.29. The van der Waals surface area contributed by atoms with Crippen LogP contribution in [0.3, 0.4) is 0 Å². The lowest BCUT2D eigenvalue weighted by Gasteiger charge is -2.31. The molecule has 11 heteroatoms. The number of esters is 1. The molecule has 0 aromatic heterocycles. The number of primary amides is 1. The summed E-state index contributed by atoms with van der Waals surface area (Å²) < 4.78 is 65.5. The highest BCUT2D eigenvalue weighted by Crippen LogP contribution is 2.53. The van der Waals surface area contributed by atoms with Crippen LogP contribution in [0.15, 0.2) is 42.0 Å². The lowest BCUT2D eigenvalue weighted by molar-refractivity contribution is -0.147. The molecular weight excluding hydrogens is 484 g/mol. The zero-order chi connectivity index (χ0) is 26.3. The number of ether oxygens (including phenoxy) is 2. The van der Waals surface area contributed by atoms with Crippen molar-refractivity contribution in [1.29, 1.82) is 0 Å². The number of nitrogens with two attached hydrogens (primary N) is 1. The quantitative estimate of drug-likeness (QED) is 0.458. The SMILES string of the molecule is COC(=O)[C@@H]1[C@H](NC(=O)c2cc(-c3ccc(F)c(C(N)=O)c3)c(F)cc2OC)[C@H]2CC(=C(F)F)[C@@H]1C2. The summed E-state index contributed by atoms with van der Waals surface area (Å²) in [4.78, 5) is 37.2. The first-order valence-corrected chi connectivity index (χ1v) is 11.0. The van der Waals surface area contributed by atoms with E-state index in [-0.39, 0.29) is 40.9 Å². The molecule has 2 aliphatic carbocycles. The molecule has 2 aromatic carbocycles. The van der Waals surface area contributed by atoms with Crippen LogP contribution in [0.4, 0.5) is 17.6 Å². The molecule has 0 unspecified atom stereocenters. The molecule has 36 heavy (non-hydrogen) atoms. The number of rotatable bonds is 6. The Balaban J connectivity index is 1.70. The number of allylic oxidation sites excluding steroid dienone is 1. The number of amides is 2. The Hall–Kier alpha value is -3.89. The van der Waals surface area contributed by atoms with Crippen LogP contribution in [-0.4, -0.2) is 38.0 Å². The van der Waals surface area contributed by atoms with Crippen LogP contribution >= 0.6 is 0 Å². The van der Waals surface area contributed by atoms with Crippen molar-refractivity contribution in [2.75, 3.05) is 14.2 Å². The van der Waals surface area contributed by atoms with Crippen molar-refractivity contribution >= 4 is 17.8 Å². The second kappa shape index (κ2) is 9.63. The Kier molecular flexibility index (Phi) is 6.75. The van der Waals surface area contributed by atoms with Gasteiger partial charge in [0.15, 0.2) is 0 Å². The number of carbonyl (C=O) groups is 3. The molecule has 0 spiro atoms. The van der Waals surface area contributed by atoms with Gasteiger partial charge in [-0.25, -0.2) is 8.78 Å². The van der Waals surface area contributed by atoms with Gasteiger partial charge in [0, 0.05) is 23.6 Å². The van der Waals surface area contributed by atoms with E-state index < -0.39 is 64.9 Å². The summed E-state index contributed by atoms with van der Waals surface area (Å²) in [5.41, 5.74) is 4.45. The first-order valence-electron chi connectivity index (χ1n) is 11.0. The van der Waals surface area contributed by atoms with Crippen LogP contribution in [0, 0.1) is 29.4 Å². The summed E-state index contributed by atoms with van der Waals surface area (Å²) in [5, 5.41) is 2.72. The summed E-state index contributed by atoms with van der Waals surface area (Å²) in [6.45, 7) is 0. The van der Waals surface area contributed by atoms with E-state index >= 15 is 0 Å². The predicted octanol–water partition coefficient (Wildman–Crippen LogP) is 3.82. The van der Waals surface area contributed by atoms with Gasteiger partial charge >= 0.3 is 5.97 Å². The van der Waals surface area contributed by atoms with Gasteiger partial charge in [0.25, 0.3) is 17.9 Å². The maximum absolute atomic E-state index is 14.9. The van der Waals surface area contributed by atoms with Gasteiger partial charge in [-0.1, -0.05) is 6.07 Å². The minimum atomic E-state index is -1.83. The average molecular weight is 506 g/mol. The van der Waals surface area contributed by atoms with Gasteiger partial charge in [0.05, 0.1) is 31.3 Å². The van der Waals surface area contributed by atoms with Crippen molar-refractivity contribution in [2.24, 2.45) is 23.5 Å². The van der Waals surface area contributed by atoms with Crippen molar-refractivity contribution in [2.45, 2.75) is 18.9 Å². The third-order valence-corrected chi connectivity index (χ3v) is 6.91. The van der Waals surface area contributed by atoms with Gasteiger partial charge < -0.3 is 20.5 Å². The Morgan fingerprint density at radius 1 is 1.03 bits per heavy atom. The van der Waals surface area contributed by atoms with E-state index in [0.29, 0.717) is 0 Å². The summed E-state index contributed by atoms with van der Waals surface area (Å²) in [7, 11) is 2.37. The van der Waals surface area contributed by atoms with Crippen LogP contribution < -0.4 is 15.8 Å². The molecule has 190 valence electrons. The average Bonchev–Trinajstić information content (AvgIpc) is 3.42. The van der Waals surface area contributed by atoms with Crippen molar-refractivity contribution in [3.63, 3.8) is 0 Å². The number of hydrogen-bond donors (Lipinski definition) is 2. The van der Waals surface area contributed by atoms with Gasteiger partial charge in [-0.15, -0.1) is 0 Å². The monoisotopic (exact) mass is 506 g/mol. The molecule has 2 saturated carbocycles. The van der Waals surface area contributed by atoms with Crippen LogP contribution in [0.25, 0.3) is 11.1 Å². The topological polar surface area (TPSA) is 108 Å². The van der Waals surface area contributed by atoms with Gasteiger partial charge in [-0.05, 0) is 48.1 Å². The summed E-state index contributed by atoms with van der Waals surface area (Å²) in [5.74, 6) is -6.51. The molecule has 2 amide bonds. The number of nitrogens with one attached hydrogen (secondary N) is 1. The largest absolute Gasteiger partial charge is 0.496 e. The lowest BCUT2D eigenvalue weighted by Crippen LogP contribution is -2.47. The maximum atomic E-state index is 14.9. The molecule has 4 atom stereocenters. The Morgan fingerprint density at radius 2 is 1.75 bits per heavy atom. The zero-order valence-corrected chi connectivity index (χ0v) is 19.2. The fraction of sp³-hybridized carbons (Fsp3) is 0.320. The lowest BCUT2D eigenvalue weighted by atomic mass is 9.81. The molecule has 2 aromatic rings. The number of halogens is 4. The van der Waals surface area contributed by atoms with E-state index in [1.807, 2.05) is 0 Å². The predicted molar refractivity (Wildman–Crippen MR) is 119 cm³/mol. The van der Waals surface area contributed by atoms with Crippen molar-refractivity contribution in [1.82, 2.24) is 5.32 Å². The number of fused-ring (bicyclic) bond motifs is 2. The minimum Gasteiger partial charge on any atom is -0.496 e. The van der Waals surface area contributed by atoms with Crippen LogP contribution in [0.5, 0.6) is 5.75 Å². The van der Waals surface area contributed by atoms with E-state index in [4.69, 9.17) is 15.2 Å². The summed E-state index contributed by atoms with van der Waals surface area (Å²) in [6, 6.07) is 4.56. The molecule has 2 aliphatic rings. The molecule has 7 nitrogen and oxygen atoms in total. The Morgan fingerprint density at radius 3 is 2.36 bits per heavy atom.